The molecule has 0 atom stereocenters. The van der Waals surface area contributed by atoms with Crippen LogP contribution in [0.15, 0.2) is 0 Å². The maximum atomic E-state index is 12.2. The molecule has 0 aromatic heterocycles. The van der Waals surface area contributed by atoms with Gasteiger partial charge in [-0.3, -0.25) is 14.4 Å². The first-order chi connectivity index (χ1) is 9.38. The first kappa shape index (κ1) is 16.5. The molecule has 6 heteroatoms. The molecule has 1 aliphatic rings. The van der Waals surface area contributed by atoms with Crippen LogP contribution in [0.1, 0.15) is 45.4 Å². The van der Waals surface area contributed by atoms with Gasteiger partial charge in [0.2, 0.25) is 5.91 Å². The number of carbonyl (C=O) groups excluding carboxylic acids is 2. The average Bonchev–Trinajstić information content (AvgIpc) is 2.76. The minimum atomic E-state index is -0.868. The molecule has 0 saturated heterocycles. The van der Waals surface area contributed by atoms with Gasteiger partial charge < -0.3 is 14.7 Å². The van der Waals surface area contributed by atoms with E-state index in [9.17, 15) is 14.4 Å². The highest BCUT2D eigenvalue weighted by molar-refractivity contribution is 5.82. The van der Waals surface area contributed by atoms with Crippen molar-refractivity contribution >= 4 is 17.8 Å². The van der Waals surface area contributed by atoms with Crippen molar-refractivity contribution in [2.75, 3.05) is 20.2 Å². The second kappa shape index (κ2) is 7.26. The number of ether oxygens (including phenoxy) is 1. The topological polar surface area (TPSA) is 83.9 Å². The van der Waals surface area contributed by atoms with Crippen LogP contribution in [0.25, 0.3) is 0 Å². The molecule has 114 valence electrons. The highest BCUT2D eigenvalue weighted by Gasteiger charge is 2.38. The van der Waals surface area contributed by atoms with Gasteiger partial charge in [0.15, 0.2) is 0 Å². The van der Waals surface area contributed by atoms with E-state index >= 15 is 0 Å². The molecular formula is C14H23NO5. The van der Waals surface area contributed by atoms with E-state index in [2.05, 4.69) is 0 Å². The van der Waals surface area contributed by atoms with E-state index in [1.165, 1.54) is 4.90 Å². The molecule has 1 rings (SSSR count). The lowest BCUT2D eigenvalue weighted by Gasteiger charge is -2.28. The molecule has 0 heterocycles. The van der Waals surface area contributed by atoms with Crippen LogP contribution in [0.5, 0.6) is 0 Å². The molecule has 1 N–H and O–H groups in total. The highest BCUT2D eigenvalue weighted by atomic mass is 16.5. The van der Waals surface area contributed by atoms with E-state index in [0.717, 1.165) is 25.7 Å². The molecule has 1 amide bonds. The van der Waals surface area contributed by atoms with Crippen LogP contribution in [0.3, 0.4) is 0 Å². The molecule has 20 heavy (non-hydrogen) atoms. The van der Waals surface area contributed by atoms with E-state index in [1.54, 1.807) is 14.0 Å². The average molecular weight is 285 g/mol. The van der Waals surface area contributed by atoms with Crippen molar-refractivity contribution in [1.29, 1.82) is 0 Å². The summed E-state index contributed by atoms with van der Waals surface area (Å²) >= 11 is 0. The maximum absolute atomic E-state index is 12.2. The summed E-state index contributed by atoms with van der Waals surface area (Å²) < 4.78 is 4.80. The smallest absolute Gasteiger partial charge is 0.325 e. The number of hydrogen-bond donors (Lipinski definition) is 1. The van der Waals surface area contributed by atoms with Crippen molar-refractivity contribution in [3.8, 4) is 0 Å². The summed E-state index contributed by atoms with van der Waals surface area (Å²) in [5, 5.41) is 9.01. The number of amides is 1. The zero-order valence-corrected chi connectivity index (χ0v) is 12.2. The molecule has 0 aromatic carbocycles. The molecule has 0 aliphatic heterocycles. The lowest BCUT2D eigenvalue weighted by molar-refractivity contribution is -0.149. The summed E-state index contributed by atoms with van der Waals surface area (Å²) in [6.07, 6.45) is 3.65. The monoisotopic (exact) mass is 285 g/mol. The zero-order chi connectivity index (χ0) is 15.2. The minimum absolute atomic E-state index is 0.0198. The molecule has 0 spiro atoms. The Balaban J connectivity index is 2.57. The van der Waals surface area contributed by atoms with Crippen molar-refractivity contribution < 1.29 is 24.2 Å². The maximum Gasteiger partial charge on any atom is 0.325 e. The molecule has 1 saturated carbocycles. The van der Waals surface area contributed by atoms with Crippen molar-refractivity contribution in [2.45, 2.75) is 45.4 Å². The van der Waals surface area contributed by atoms with Crippen LogP contribution in [0.4, 0.5) is 0 Å². The van der Waals surface area contributed by atoms with Crippen molar-refractivity contribution in [1.82, 2.24) is 4.90 Å². The molecule has 1 aliphatic carbocycles. The third-order valence-electron chi connectivity index (χ3n) is 3.81. The van der Waals surface area contributed by atoms with Crippen LogP contribution in [-0.4, -0.2) is 48.1 Å². The Morgan fingerprint density at radius 1 is 1.20 bits per heavy atom. The molecular weight excluding hydrogens is 262 g/mol. The highest BCUT2D eigenvalue weighted by Crippen LogP contribution is 2.44. The van der Waals surface area contributed by atoms with E-state index in [-0.39, 0.29) is 31.9 Å². The second-order valence-corrected chi connectivity index (χ2v) is 5.51. The van der Waals surface area contributed by atoms with Gasteiger partial charge in [-0.05, 0) is 25.2 Å². The predicted molar refractivity (Wildman–Crippen MR) is 72.0 cm³/mol. The molecule has 6 nitrogen and oxygen atoms in total. The summed E-state index contributed by atoms with van der Waals surface area (Å²) in [5.74, 6) is -1.50. The van der Waals surface area contributed by atoms with Crippen LogP contribution >= 0.6 is 0 Å². The van der Waals surface area contributed by atoms with Gasteiger partial charge >= 0.3 is 11.9 Å². The van der Waals surface area contributed by atoms with Gasteiger partial charge in [-0.1, -0.05) is 12.8 Å². The number of nitrogens with zero attached hydrogens (tertiary/aromatic N) is 1. The van der Waals surface area contributed by atoms with Crippen LogP contribution in [0.2, 0.25) is 0 Å². The Morgan fingerprint density at radius 3 is 2.30 bits per heavy atom. The van der Waals surface area contributed by atoms with E-state index in [0.29, 0.717) is 0 Å². The third kappa shape index (κ3) is 4.83. The number of carboxylic acids is 1. The SMILES string of the molecule is CCOC(=O)CN(C)C(=O)CC1(CC(=O)O)CCCC1. The van der Waals surface area contributed by atoms with Crippen LogP contribution in [-0.2, 0) is 19.1 Å². The first-order valence-electron chi connectivity index (χ1n) is 7.00. The summed E-state index contributed by atoms with van der Waals surface area (Å²) in [6, 6.07) is 0. The fourth-order valence-electron chi connectivity index (χ4n) is 2.81. The summed E-state index contributed by atoms with van der Waals surface area (Å²) in [6.45, 7) is 1.90. The van der Waals surface area contributed by atoms with Crippen molar-refractivity contribution in [3.63, 3.8) is 0 Å². The Kier molecular flexibility index (Phi) is 5.98. The zero-order valence-electron chi connectivity index (χ0n) is 12.2. The fraction of sp³-hybridized carbons (Fsp3) is 0.786. The van der Waals surface area contributed by atoms with Gasteiger partial charge in [0.25, 0.3) is 0 Å². The third-order valence-corrected chi connectivity index (χ3v) is 3.81. The Labute approximate surface area is 119 Å². The number of carbonyl (C=O) groups is 3. The molecule has 0 bridgehead atoms. The fourth-order valence-corrected chi connectivity index (χ4v) is 2.81. The number of esters is 1. The first-order valence-corrected chi connectivity index (χ1v) is 7.00. The number of aliphatic carboxylic acids is 1. The van der Waals surface area contributed by atoms with Crippen LogP contribution in [0, 0.1) is 5.41 Å². The molecule has 1 fully saturated rings. The van der Waals surface area contributed by atoms with Gasteiger partial charge in [-0.25, -0.2) is 0 Å². The number of hydrogen-bond acceptors (Lipinski definition) is 4. The van der Waals surface area contributed by atoms with Gasteiger partial charge in [0, 0.05) is 13.5 Å². The Hall–Kier alpha value is -1.59. The summed E-state index contributed by atoms with van der Waals surface area (Å²) in [4.78, 5) is 35.8. The molecule has 0 aromatic rings. The number of rotatable bonds is 7. The van der Waals surface area contributed by atoms with Gasteiger partial charge in [0.1, 0.15) is 6.54 Å². The summed E-state index contributed by atoms with van der Waals surface area (Å²) in [5.41, 5.74) is -0.439. The number of carboxylic acid groups (broad SMARTS) is 1. The van der Waals surface area contributed by atoms with E-state index < -0.39 is 17.4 Å². The Bertz CT molecular complexity index is 374. The summed E-state index contributed by atoms with van der Waals surface area (Å²) in [7, 11) is 1.54. The lowest BCUT2D eigenvalue weighted by atomic mass is 9.79. The van der Waals surface area contributed by atoms with E-state index in [4.69, 9.17) is 9.84 Å². The largest absolute Gasteiger partial charge is 0.481 e. The van der Waals surface area contributed by atoms with Crippen molar-refractivity contribution in [2.24, 2.45) is 5.41 Å². The second-order valence-electron chi connectivity index (χ2n) is 5.51. The standard InChI is InChI=1S/C14H23NO5/c1-3-20-13(19)10-15(2)11(16)8-14(9-12(17)18)6-4-5-7-14/h3-10H2,1-2H3,(H,17,18). The normalized spacial score (nSPS) is 16.7. The Morgan fingerprint density at radius 2 is 1.80 bits per heavy atom. The quantitative estimate of drug-likeness (QED) is 0.715. The molecule has 0 unspecified atom stereocenters. The van der Waals surface area contributed by atoms with Gasteiger partial charge in [-0.15, -0.1) is 0 Å². The minimum Gasteiger partial charge on any atom is -0.481 e. The number of likely N-dealkylation sites (N-methyl/N-ethyl adjacent to an activating group) is 1. The van der Waals surface area contributed by atoms with E-state index in [1.807, 2.05) is 0 Å². The van der Waals surface area contributed by atoms with Crippen LogP contribution < -0.4 is 0 Å². The lowest BCUT2D eigenvalue weighted by Crippen LogP contribution is -2.37. The van der Waals surface area contributed by atoms with Gasteiger partial charge in [0.05, 0.1) is 13.0 Å². The van der Waals surface area contributed by atoms with Crippen molar-refractivity contribution in [3.05, 3.63) is 0 Å². The van der Waals surface area contributed by atoms with Gasteiger partial charge in [-0.2, -0.15) is 0 Å². The predicted octanol–water partition coefficient (Wildman–Crippen LogP) is 1.43. The molecule has 0 radical (unpaired) electrons.